The zero-order valence-electron chi connectivity index (χ0n) is 10.8. The Labute approximate surface area is 116 Å². The summed E-state index contributed by atoms with van der Waals surface area (Å²) in [5.74, 6) is -1.02. The van der Waals surface area contributed by atoms with E-state index in [2.05, 4.69) is 14.8 Å². The first-order valence-electron chi connectivity index (χ1n) is 6.01. The largest absolute Gasteiger partial charge is 0.468 e. The molecular formula is C12H15FN2O4S. The second-order valence-electron chi connectivity index (χ2n) is 4.50. The number of halogens is 1. The zero-order chi connectivity index (χ0) is 14.8. The molecule has 2 N–H and O–H groups in total. The lowest BCUT2D eigenvalue weighted by Gasteiger charge is -2.13. The molecular weight excluding hydrogens is 287 g/mol. The van der Waals surface area contributed by atoms with Gasteiger partial charge in [-0.1, -0.05) is 6.07 Å². The molecule has 6 nitrogen and oxygen atoms in total. The van der Waals surface area contributed by atoms with Crippen molar-refractivity contribution >= 4 is 21.7 Å². The summed E-state index contributed by atoms with van der Waals surface area (Å²) in [6.45, 7) is 0.143. The lowest BCUT2D eigenvalue weighted by Crippen LogP contribution is -2.31. The summed E-state index contributed by atoms with van der Waals surface area (Å²) in [6, 6.07) is 4.56. The highest BCUT2D eigenvalue weighted by Gasteiger charge is 2.37. The van der Waals surface area contributed by atoms with Gasteiger partial charge in [0.05, 0.1) is 18.0 Å². The number of carbonyl (C=O) groups excluding carboxylic acids is 1. The molecule has 0 spiro atoms. The van der Waals surface area contributed by atoms with Gasteiger partial charge in [-0.05, 0) is 24.6 Å². The number of hydrogen-bond acceptors (Lipinski definition) is 5. The third-order valence-corrected chi connectivity index (χ3v) is 4.86. The first-order chi connectivity index (χ1) is 9.42. The number of hydrogen-bond donors (Lipinski definition) is 2. The predicted molar refractivity (Wildman–Crippen MR) is 71.2 cm³/mol. The van der Waals surface area contributed by atoms with Crippen molar-refractivity contribution in [3.05, 3.63) is 30.1 Å². The molecule has 2 atom stereocenters. The van der Waals surface area contributed by atoms with Gasteiger partial charge in [0, 0.05) is 6.54 Å². The smallest absolute Gasteiger partial charge is 0.322 e. The van der Waals surface area contributed by atoms with Crippen LogP contribution < -0.4 is 10.0 Å². The van der Waals surface area contributed by atoms with Gasteiger partial charge in [-0.2, -0.15) is 0 Å². The topological polar surface area (TPSA) is 84.5 Å². The van der Waals surface area contributed by atoms with Gasteiger partial charge in [0.2, 0.25) is 10.0 Å². The Bertz CT molecular complexity index is 605. The molecule has 1 aromatic carbocycles. The van der Waals surface area contributed by atoms with E-state index in [1.54, 1.807) is 0 Å². The lowest BCUT2D eigenvalue weighted by atomic mass is 10.2. The highest BCUT2D eigenvalue weighted by molar-refractivity contribution is 7.93. The third kappa shape index (κ3) is 3.26. The molecule has 0 bridgehead atoms. The fraction of sp³-hybridized carbons (Fsp3) is 0.417. The summed E-state index contributed by atoms with van der Waals surface area (Å²) in [7, 11) is -2.44. The number of carbonyl (C=O) groups is 1. The minimum absolute atomic E-state index is 0.122. The molecule has 0 aromatic heterocycles. The molecule has 1 fully saturated rings. The van der Waals surface area contributed by atoms with Gasteiger partial charge < -0.3 is 10.1 Å². The van der Waals surface area contributed by atoms with Crippen molar-refractivity contribution in [1.82, 2.24) is 5.32 Å². The van der Waals surface area contributed by atoms with Gasteiger partial charge in [-0.3, -0.25) is 9.52 Å². The van der Waals surface area contributed by atoms with E-state index in [4.69, 9.17) is 0 Å². The molecule has 0 aliphatic carbocycles. The van der Waals surface area contributed by atoms with Gasteiger partial charge in [-0.15, -0.1) is 0 Å². The summed E-state index contributed by atoms with van der Waals surface area (Å²) < 4.78 is 44.2. The van der Waals surface area contributed by atoms with Crippen LogP contribution in [0, 0.1) is 5.82 Å². The van der Waals surface area contributed by atoms with Crippen molar-refractivity contribution in [3.63, 3.8) is 0 Å². The van der Waals surface area contributed by atoms with E-state index in [0.29, 0.717) is 0 Å². The van der Waals surface area contributed by atoms with Crippen LogP contribution in [0.2, 0.25) is 0 Å². The van der Waals surface area contributed by atoms with E-state index in [9.17, 15) is 17.6 Å². The van der Waals surface area contributed by atoms with Crippen LogP contribution in [-0.2, 0) is 19.6 Å². The maximum Gasteiger partial charge on any atom is 0.322 e. The fourth-order valence-electron chi connectivity index (χ4n) is 2.06. The van der Waals surface area contributed by atoms with Gasteiger partial charge in [0.1, 0.15) is 11.9 Å². The number of anilines is 1. The minimum Gasteiger partial charge on any atom is -0.468 e. The van der Waals surface area contributed by atoms with Gasteiger partial charge in [0.15, 0.2) is 0 Å². The molecule has 1 heterocycles. The van der Waals surface area contributed by atoms with Crippen LogP contribution in [0.25, 0.3) is 0 Å². The molecule has 0 saturated carbocycles. The average Bonchev–Trinajstić information content (AvgIpc) is 2.87. The molecule has 1 aliphatic heterocycles. The molecule has 2 rings (SSSR count). The highest BCUT2D eigenvalue weighted by Crippen LogP contribution is 2.19. The molecule has 1 saturated heterocycles. The second kappa shape index (κ2) is 5.76. The van der Waals surface area contributed by atoms with E-state index in [-0.39, 0.29) is 18.7 Å². The van der Waals surface area contributed by atoms with Crippen LogP contribution in [0.1, 0.15) is 6.42 Å². The van der Waals surface area contributed by atoms with E-state index >= 15 is 0 Å². The molecule has 110 valence electrons. The fourth-order valence-corrected chi connectivity index (χ4v) is 3.44. The molecule has 2 unspecified atom stereocenters. The Balaban J connectivity index is 2.07. The van der Waals surface area contributed by atoms with E-state index in [1.807, 2.05) is 0 Å². The number of rotatable bonds is 4. The van der Waals surface area contributed by atoms with Gasteiger partial charge in [0.25, 0.3) is 0 Å². The second-order valence-corrected chi connectivity index (χ2v) is 6.46. The van der Waals surface area contributed by atoms with Crippen LogP contribution in [0.4, 0.5) is 10.1 Å². The molecule has 1 aliphatic rings. The van der Waals surface area contributed by atoms with Crippen molar-refractivity contribution in [2.24, 2.45) is 0 Å². The first-order valence-corrected chi connectivity index (χ1v) is 7.55. The number of nitrogens with one attached hydrogen (secondary N) is 2. The van der Waals surface area contributed by atoms with Crippen LogP contribution in [0.3, 0.4) is 0 Å². The standard InChI is InChI=1S/C12H15FN2O4S/c1-19-12(16)11-6-10(7-14-11)20(17,18)15-9-4-2-3-8(13)5-9/h2-5,10-11,14-15H,6-7H2,1H3. The Morgan fingerprint density at radius 2 is 2.25 bits per heavy atom. The molecule has 20 heavy (non-hydrogen) atoms. The minimum atomic E-state index is -3.69. The summed E-state index contributed by atoms with van der Waals surface area (Å²) in [5, 5.41) is 2.02. The molecule has 0 radical (unpaired) electrons. The predicted octanol–water partition coefficient (Wildman–Crippen LogP) is 0.471. The summed E-state index contributed by atoms with van der Waals surface area (Å²) >= 11 is 0. The quantitative estimate of drug-likeness (QED) is 0.790. The van der Waals surface area contributed by atoms with E-state index in [0.717, 1.165) is 6.07 Å². The average molecular weight is 302 g/mol. The zero-order valence-corrected chi connectivity index (χ0v) is 11.6. The monoisotopic (exact) mass is 302 g/mol. The van der Waals surface area contributed by atoms with Crippen molar-refractivity contribution < 1.29 is 22.3 Å². The summed E-state index contributed by atoms with van der Waals surface area (Å²) in [5.41, 5.74) is 0.159. The van der Waals surface area contributed by atoms with Gasteiger partial charge >= 0.3 is 5.97 Å². The number of sulfonamides is 1. The number of methoxy groups -OCH3 is 1. The van der Waals surface area contributed by atoms with Crippen molar-refractivity contribution in [1.29, 1.82) is 0 Å². The van der Waals surface area contributed by atoms with Crippen LogP contribution in [0.5, 0.6) is 0 Å². The maximum absolute atomic E-state index is 13.0. The first kappa shape index (κ1) is 14.7. The Hall–Kier alpha value is -1.67. The Morgan fingerprint density at radius 3 is 2.90 bits per heavy atom. The number of ether oxygens (including phenoxy) is 1. The number of benzene rings is 1. The molecule has 1 aromatic rings. The van der Waals surface area contributed by atoms with Crippen molar-refractivity contribution in [2.75, 3.05) is 18.4 Å². The normalized spacial score (nSPS) is 22.5. The number of esters is 1. The SMILES string of the molecule is COC(=O)C1CC(S(=O)(=O)Nc2cccc(F)c2)CN1. The van der Waals surface area contributed by atoms with E-state index < -0.39 is 33.1 Å². The lowest BCUT2D eigenvalue weighted by molar-refractivity contribution is -0.142. The summed E-state index contributed by atoms with van der Waals surface area (Å²) in [4.78, 5) is 11.3. The Morgan fingerprint density at radius 1 is 1.50 bits per heavy atom. The Kier molecular flexibility index (Phi) is 4.24. The van der Waals surface area contributed by atoms with Crippen LogP contribution >= 0.6 is 0 Å². The summed E-state index contributed by atoms with van der Waals surface area (Å²) in [6.07, 6.45) is 0.122. The highest BCUT2D eigenvalue weighted by atomic mass is 32.2. The van der Waals surface area contributed by atoms with Crippen LogP contribution in [-0.4, -0.2) is 39.3 Å². The van der Waals surface area contributed by atoms with Crippen molar-refractivity contribution in [2.45, 2.75) is 17.7 Å². The molecule has 0 amide bonds. The van der Waals surface area contributed by atoms with Gasteiger partial charge in [-0.25, -0.2) is 12.8 Å². The van der Waals surface area contributed by atoms with E-state index in [1.165, 1.54) is 25.3 Å². The van der Waals surface area contributed by atoms with Crippen LogP contribution in [0.15, 0.2) is 24.3 Å². The molecule has 8 heteroatoms. The van der Waals surface area contributed by atoms with Crippen molar-refractivity contribution in [3.8, 4) is 0 Å². The third-order valence-electron chi connectivity index (χ3n) is 3.10. The maximum atomic E-state index is 13.0.